The van der Waals surface area contributed by atoms with Gasteiger partial charge in [0.2, 0.25) is 5.91 Å². The molecule has 2 saturated heterocycles. The third kappa shape index (κ3) is 1.91. The second-order valence-electron chi connectivity index (χ2n) is 4.06. The maximum atomic E-state index is 11.6. The number of amides is 1. The van der Waals surface area contributed by atoms with Crippen LogP contribution in [0.4, 0.5) is 0 Å². The van der Waals surface area contributed by atoms with Crippen molar-refractivity contribution < 1.29 is 4.79 Å². The van der Waals surface area contributed by atoms with Crippen LogP contribution in [-0.4, -0.2) is 54.6 Å². The highest BCUT2D eigenvalue weighted by Gasteiger charge is 2.29. The average Bonchev–Trinajstić information content (AvgIpc) is 2.70. The summed E-state index contributed by atoms with van der Waals surface area (Å²) >= 11 is 0. The Kier molecular flexibility index (Phi) is 3.03. The van der Waals surface area contributed by atoms with Crippen molar-refractivity contribution >= 4 is 5.91 Å². The smallest absolute Gasteiger partial charge is 0.236 e. The standard InChI is InChI=1S/C10H19N3O/c1-2-12-6-7-13(8-10(12)14)9-4-3-5-11-9/h9,11H,2-8H2,1H3. The van der Waals surface area contributed by atoms with Gasteiger partial charge in [0.1, 0.15) is 0 Å². The van der Waals surface area contributed by atoms with Gasteiger partial charge in [-0.25, -0.2) is 0 Å². The van der Waals surface area contributed by atoms with Crippen LogP contribution in [0.5, 0.6) is 0 Å². The van der Waals surface area contributed by atoms with E-state index < -0.39 is 0 Å². The fourth-order valence-electron chi connectivity index (χ4n) is 2.30. The summed E-state index contributed by atoms with van der Waals surface area (Å²) in [7, 11) is 0. The van der Waals surface area contributed by atoms with Gasteiger partial charge < -0.3 is 10.2 Å². The normalized spacial score (nSPS) is 29.9. The van der Waals surface area contributed by atoms with Crippen LogP contribution in [0.1, 0.15) is 19.8 Å². The molecule has 0 spiro atoms. The van der Waals surface area contributed by atoms with E-state index in [2.05, 4.69) is 10.2 Å². The zero-order valence-electron chi connectivity index (χ0n) is 8.83. The first kappa shape index (κ1) is 9.93. The summed E-state index contributed by atoms with van der Waals surface area (Å²) in [5.41, 5.74) is 0. The molecule has 1 atom stereocenters. The van der Waals surface area contributed by atoms with Crippen molar-refractivity contribution in [3.8, 4) is 0 Å². The summed E-state index contributed by atoms with van der Waals surface area (Å²) in [5, 5.41) is 3.43. The number of likely N-dealkylation sites (N-methyl/N-ethyl adjacent to an activating group) is 1. The van der Waals surface area contributed by atoms with Gasteiger partial charge in [0.05, 0.1) is 12.7 Å². The molecule has 2 aliphatic heterocycles. The van der Waals surface area contributed by atoms with Crippen molar-refractivity contribution in [2.75, 3.05) is 32.7 Å². The molecule has 0 saturated carbocycles. The largest absolute Gasteiger partial charge is 0.341 e. The second kappa shape index (κ2) is 4.28. The fourth-order valence-corrected chi connectivity index (χ4v) is 2.30. The van der Waals surface area contributed by atoms with Crippen LogP contribution in [0.15, 0.2) is 0 Å². The SMILES string of the molecule is CCN1CCN(C2CCCN2)CC1=O. The van der Waals surface area contributed by atoms with E-state index in [1.807, 2.05) is 11.8 Å². The molecular weight excluding hydrogens is 178 g/mol. The molecule has 0 aromatic rings. The topological polar surface area (TPSA) is 35.6 Å². The van der Waals surface area contributed by atoms with Crippen LogP contribution in [-0.2, 0) is 4.79 Å². The van der Waals surface area contributed by atoms with Gasteiger partial charge in [-0.05, 0) is 26.3 Å². The molecule has 2 aliphatic rings. The Morgan fingerprint density at radius 1 is 1.50 bits per heavy atom. The highest BCUT2D eigenvalue weighted by molar-refractivity contribution is 5.79. The van der Waals surface area contributed by atoms with Crippen LogP contribution < -0.4 is 5.32 Å². The molecule has 2 rings (SSSR count). The third-order valence-corrected chi connectivity index (χ3v) is 3.20. The number of hydrogen-bond acceptors (Lipinski definition) is 3. The van der Waals surface area contributed by atoms with Gasteiger partial charge in [-0.2, -0.15) is 0 Å². The molecular formula is C10H19N3O. The molecule has 2 fully saturated rings. The van der Waals surface area contributed by atoms with E-state index in [0.717, 1.165) is 26.2 Å². The number of carbonyl (C=O) groups excluding carboxylic acids is 1. The predicted molar refractivity (Wildman–Crippen MR) is 54.9 cm³/mol. The molecule has 4 nitrogen and oxygen atoms in total. The fraction of sp³-hybridized carbons (Fsp3) is 0.900. The van der Waals surface area contributed by atoms with E-state index in [1.165, 1.54) is 12.8 Å². The quantitative estimate of drug-likeness (QED) is 0.669. The minimum atomic E-state index is 0.285. The number of nitrogens with one attached hydrogen (secondary N) is 1. The van der Waals surface area contributed by atoms with E-state index in [0.29, 0.717) is 12.7 Å². The van der Waals surface area contributed by atoms with Crippen LogP contribution in [0, 0.1) is 0 Å². The summed E-state index contributed by atoms with van der Waals surface area (Å²) in [4.78, 5) is 15.9. The number of nitrogens with zero attached hydrogens (tertiary/aromatic N) is 2. The summed E-state index contributed by atoms with van der Waals surface area (Å²) in [6, 6.07) is 0. The number of rotatable bonds is 2. The molecule has 1 N–H and O–H groups in total. The number of piperazine rings is 1. The van der Waals surface area contributed by atoms with E-state index >= 15 is 0 Å². The minimum absolute atomic E-state index is 0.285. The van der Waals surface area contributed by atoms with Crippen LogP contribution >= 0.6 is 0 Å². The van der Waals surface area contributed by atoms with Crippen molar-refractivity contribution in [2.24, 2.45) is 0 Å². The Morgan fingerprint density at radius 3 is 2.93 bits per heavy atom. The Balaban J connectivity index is 1.88. The molecule has 0 radical (unpaired) electrons. The number of carbonyl (C=O) groups is 1. The van der Waals surface area contributed by atoms with Crippen molar-refractivity contribution in [1.29, 1.82) is 0 Å². The zero-order chi connectivity index (χ0) is 9.97. The van der Waals surface area contributed by atoms with E-state index in [-0.39, 0.29) is 5.91 Å². The first-order chi connectivity index (χ1) is 6.81. The van der Waals surface area contributed by atoms with Gasteiger partial charge in [0, 0.05) is 19.6 Å². The highest BCUT2D eigenvalue weighted by Crippen LogP contribution is 2.13. The molecule has 2 heterocycles. The van der Waals surface area contributed by atoms with E-state index in [1.54, 1.807) is 0 Å². The van der Waals surface area contributed by atoms with E-state index in [4.69, 9.17) is 0 Å². The lowest BCUT2D eigenvalue weighted by atomic mass is 10.2. The maximum absolute atomic E-state index is 11.6. The average molecular weight is 197 g/mol. The van der Waals surface area contributed by atoms with E-state index in [9.17, 15) is 4.79 Å². The summed E-state index contributed by atoms with van der Waals surface area (Å²) in [5.74, 6) is 0.285. The molecule has 80 valence electrons. The highest BCUT2D eigenvalue weighted by atomic mass is 16.2. The first-order valence-corrected chi connectivity index (χ1v) is 5.56. The first-order valence-electron chi connectivity index (χ1n) is 5.56. The van der Waals surface area contributed by atoms with Crippen molar-refractivity contribution in [1.82, 2.24) is 15.1 Å². The monoisotopic (exact) mass is 197 g/mol. The molecule has 14 heavy (non-hydrogen) atoms. The van der Waals surface area contributed by atoms with Gasteiger partial charge in [-0.1, -0.05) is 0 Å². The summed E-state index contributed by atoms with van der Waals surface area (Å²) in [6.45, 7) is 6.52. The molecule has 1 unspecified atom stereocenters. The lowest BCUT2D eigenvalue weighted by Crippen LogP contribution is -2.55. The minimum Gasteiger partial charge on any atom is -0.341 e. The van der Waals surface area contributed by atoms with Crippen LogP contribution in [0.2, 0.25) is 0 Å². The van der Waals surface area contributed by atoms with Gasteiger partial charge in [-0.3, -0.25) is 9.69 Å². The summed E-state index contributed by atoms with van der Waals surface area (Å²) in [6.07, 6.45) is 2.89. The van der Waals surface area contributed by atoms with Gasteiger partial charge >= 0.3 is 0 Å². The number of hydrogen-bond donors (Lipinski definition) is 1. The van der Waals surface area contributed by atoms with Crippen LogP contribution in [0.3, 0.4) is 0 Å². The lowest BCUT2D eigenvalue weighted by Gasteiger charge is -2.37. The van der Waals surface area contributed by atoms with Gasteiger partial charge in [0.15, 0.2) is 0 Å². The Labute approximate surface area is 85.2 Å². The third-order valence-electron chi connectivity index (χ3n) is 3.20. The van der Waals surface area contributed by atoms with Crippen molar-refractivity contribution in [3.05, 3.63) is 0 Å². The Hall–Kier alpha value is -0.610. The Bertz CT molecular complexity index is 213. The molecule has 0 aliphatic carbocycles. The Morgan fingerprint density at radius 2 is 2.36 bits per heavy atom. The van der Waals surface area contributed by atoms with Crippen molar-refractivity contribution in [3.63, 3.8) is 0 Å². The molecule has 0 aromatic heterocycles. The predicted octanol–water partition coefficient (Wildman–Crippen LogP) is -0.140. The molecule has 0 bridgehead atoms. The van der Waals surface area contributed by atoms with Crippen LogP contribution in [0.25, 0.3) is 0 Å². The van der Waals surface area contributed by atoms with Gasteiger partial charge in [0.25, 0.3) is 0 Å². The molecule has 0 aromatic carbocycles. The zero-order valence-corrected chi connectivity index (χ0v) is 8.83. The maximum Gasteiger partial charge on any atom is 0.236 e. The van der Waals surface area contributed by atoms with Gasteiger partial charge in [-0.15, -0.1) is 0 Å². The molecule has 4 heteroatoms. The molecule has 1 amide bonds. The second-order valence-corrected chi connectivity index (χ2v) is 4.06. The summed E-state index contributed by atoms with van der Waals surface area (Å²) < 4.78 is 0. The van der Waals surface area contributed by atoms with Crippen molar-refractivity contribution in [2.45, 2.75) is 25.9 Å². The lowest BCUT2D eigenvalue weighted by molar-refractivity contribution is -0.136.